The highest BCUT2D eigenvalue weighted by atomic mass is 16.5. The Bertz CT molecular complexity index is 577. The number of carbonyl (C=O) groups is 2. The summed E-state index contributed by atoms with van der Waals surface area (Å²) in [4.78, 5) is 33.3. The highest BCUT2D eigenvalue weighted by molar-refractivity contribution is 5.94. The molecule has 0 saturated carbocycles. The van der Waals surface area contributed by atoms with Crippen molar-refractivity contribution in [2.75, 3.05) is 53.4 Å². The first-order chi connectivity index (χ1) is 11.5. The van der Waals surface area contributed by atoms with Crippen molar-refractivity contribution in [3.8, 4) is 0 Å². The van der Waals surface area contributed by atoms with Gasteiger partial charge in [0.2, 0.25) is 5.91 Å². The number of morpholine rings is 1. The van der Waals surface area contributed by atoms with E-state index in [1.54, 1.807) is 18.5 Å². The number of nitrogens with one attached hydrogen (secondary N) is 1. The number of ether oxygens (including phenoxy) is 1. The third-order valence-electron chi connectivity index (χ3n) is 4.96. The maximum Gasteiger partial charge on any atom is 0.255 e. The van der Waals surface area contributed by atoms with Crippen LogP contribution in [0, 0.1) is 0 Å². The molecule has 3 rings (SSSR count). The molecule has 0 aliphatic carbocycles. The van der Waals surface area contributed by atoms with E-state index in [9.17, 15) is 9.59 Å². The molecule has 1 aromatic heterocycles. The van der Waals surface area contributed by atoms with Gasteiger partial charge in [-0.2, -0.15) is 0 Å². The van der Waals surface area contributed by atoms with E-state index < -0.39 is 0 Å². The summed E-state index contributed by atoms with van der Waals surface area (Å²) >= 11 is 0. The minimum absolute atomic E-state index is 0.0578. The van der Waals surface area contributed by atoms with E-state index >= 15 is 0 Å². The summed E-state index contributed by atoms with van der Waals surface area (Å²) in [7, 11) is 4.01. The van der Waals surface area contributed by atoms with Crippen molar-refractivity contribution in [1.29, 1.82) is 0 Å². The van der Waals surface area contributed by atoms with Crippen molar-refractivity contribution in [3.63, 3.8) is 0 Å². The molecule has 0 radical (unpaired) electrons. The number of hydrogen-bond donors (Lipinski definition) is 1. The van der Waals surface area contributed by atoms with E-state index in [1.807, 2.05) is 23.9 Å². The Morgan fingerprint density at radius 1 is 1.38 bits per heavy atom. The Morgan fingerprint density at radius 3 is 2.75 bits per heavy atom. The van der Waals surface area contributed by atoms with Crippen LogP contribution in [0.25, 0.3) is 0 Å². The maximum atomic E-state index is 12.4. The second-order valence-electron chi connectivity index (χ2n) is 6.98. The lowest BCUT2D eigenvalue weighted by Gasteiger charge is -2.47. The fourth-order valence-electron chi connectivity index (χ4n) is 3.37. The zero-order chi connectivity index (χ0) is 17.2. The predicted molar refractivity (Wildman–Crippen MR) is 89.7 cm³/mol. The van der Waals surface area contributed by atoms with Crippen molar-refractivity contribution in [2.24, 2.45) is 0 Å². The molecule has 2 saturated heterocycles. The molecule has 1 spiro atoms. The summed E-state index contributed by atoms with van der Waals surface area (Å²) in [5.74, 6) is 0.121. The molecule has 1 aromatic rings. The fourth-order valence-corrected chi connectivity index (χ4v) is 3.37. The minimum atomic E-state index is -0.296. The van der Waals surface area contributed by atoms with Crippen LogP contribution >= 0.6 is 0 Å². The number of nitrogens with zero attached hydrogens (tertiary/aromatic N) is 3. The largest absolute Gasteiger partial charge is 0.367 e. The average molecular weight is 334 g/mol. The Labute approximate surface area is 142 Å². The molecule has 7 nitrogen and oxygen atoms in total. The molecular formula is C17H26N4O3. The maximum absolute atomic E-state index is 12.4. The number of piperidine rings is 1. The highest BCUT2D eigenvalue weighted by Gasteiger charge is 2.42. The first kappa shape index (κ1) is 17.0. The Morgan fingerprint density at radius 2 is 2.12 bits per heavy atom. The van der Waals surface area contributed by atoms with E-state index in [-0.39, 0.29) is 24.0 Å². The van der Waals surface area contributed by atoms with Crippen LogP contribution < -0.4 is 0 Å². The van der Waals surface area contributed by atoms with Gasteiger partial charge in [-0.1, -0.05) is 0 Å². The molecule has 132 valence electrons. The van der Waals surface area contributed by atoms with Gasteiger partial charge in [0.05, 0.1) is 11.2 Å². The summed E-state index contributed by atoms with van der Waals surface area (Å²) < 4.78 is 5.93. The molecule has 0 aromatic carbocycles. The number of H-pyrrole nitrogens is 1. The molecule has 0 bridgehead atoms. The lowest BCUT2D eigenvalue weighted by molar-refractivity contribution is -0.170. The van der Waals surface area contributed by atoms with Crippen molar-refractivity contribution in [1.82, 2.24) is 19.7 Å². The number of amides is 2. The Balaban J connectivity index is 1.58. The van der Waals surface area contributed by atoms with Gasteiger partial charge < -0.3 is 24.4 Å². The van der Waals surface area contributed by atoms with E-state index in [4.69, 9.17) is 4.74 Å². The predicted octanol–water partition coefficient (Wildman–Crippen LogP) is 0.410. The van der Waals surface area contributed by atoms with Crippen molar-refractivity contribution < 1.29 is 14.3 Å². The monoisotopic (exact) mass is 334 g/mol. The number of aromatic amines is 1. The number of rotatable bonds is 4. The van der Waals surface area contributed by atoms with Crippen LogP contribution in [0.15, 0.2) is 18.5 Å². The smallest absolute Gasteiger partial charge is 0.255 e. The molecule has 2 amide bonds. The standard InChI is InChI=1S/C17H26N4O3/c1-19(2)9-10-21-13-17(24-12-15(21)22)4-7-20(8-5-17)16(23)14-3-6-18-11-14/h3,6,11,18H,4-5,7-10,12-13H2,1-2H3. The normalized spacial score (nSPS) is 20.9. The molecule has 2 fully saturated rings. The molecule has 3 heterocycles. The molecule has 0 atom stereocenters. The first-order valence-electron chi connectivity index (χ1n) is 8.48. The summed E-state index contributed by atoms with van der Waals surface area (Å²) in [6.07, 6.45) is 5.03. The zero-order valence-electron chi connectivity index (χ0n) is 14.5. The molecule has 0 unspecified atom stereocenters. The molecule has 2 aliphatic heterocycles. The lowest BCUT2D eigenvalue weighted by atomic mass is 9.89. The second-order valence-corrected chi connectivity index (χ2v) is 6.98. The first-order valence-corrected chi connectivity index (χ1v) is 8.48. The van der Waals surface area contributed by atoms with Crippen LogP contribution in [0.5, 0.6) is 0 Å². The number of aromatic nitrogens is 1. The number of carbonyl (C=O) groups excluding carboxylic acids is 2. The molecule has 1 N–H and O–H groups in total. The van der Waals surface area contributed by atoms with E-state index in [1.165, 1.54) is 0 Å². The van der Waals surface area contributed by atoms with Crippen LogP contribution in [0.2, 0.25) is 0 Å². The van der Waals surface area contributed by atoms with Crippen molar-refractivity contribution in [2.45, 2.75) is 18.4 Å². The average Bonchev–Trinajstić information content (AvgIpc) is 3.10. The Kier molecular flexibility index (Phi) is 4.91. The summed E-state index contributed by atoms with van der Waals surface area (Å²) in [6, 6.07) is 1.80. The summed E-state index contributed by atoms with van der Waals surface area (Å²) in [6.45, 7) is 3.69. The summed E-state index contributed by atoms with van der Waals surface area (Å²) in [5.41, 5.74) is 0.396. The van der Waals surface area contributed by atoms with Gasteiger partial charge in [-0.05, 0) is 33.0 Å². The number of likely N-dealkylation sites (N-methyl/N-ethyl adjacent to an activating group) is 1. The van der Waals surface area contributed by atoms with Gasteiger partial charge in [-0.15, -0.1) is 0 Å². The van der Waals surface area contributed by atoms with Gasteiger partial charge in [0.25, 0.3) is 5.91 Å². The van der Waals surface area contributed by atoms with Gasteiger partial charge in [0.1, 0.15) is 6.61 Å². The van der Waals surface area contributed by atoms with Gasteiger partial charge >= 0.3 is 0 Å². The van der Waals surface area contributed by atoms with Gasteiger partial charge in [0.15, 0.2) is 0 Å². The van der Waals surface area contributed by atoms with Crippen LogP contribution in [-0.4, -0.2) is 90.5 Å². The van der Waals surface area contributed by atoms with Crippen molar-refractivity contribution >= 4 is 11.8 Å². The second kappa shape index (κ2) is 6.94. The van der Waals surface area contributed by atoms with Crippen LogP contribution in [0.4, 0.5) is 0 Å². The Hall–Kier alpha value is -1.86. The van der Waals surface area contributed by atoms with Gasteiger partial charge in [-0.3, -0.25) is 9.59 Å². The van der Waals surface area contributed by atoms with E-state index in [2.05, 4.69) is 9.88 Å². The van der Waals surface area contributed by atoms with E-state index in [0.29, 0.717) is 25.2 Å². The molecule has 7 heteroatoms. The number of likely N-dealkylation sites (tertiary alicyclic amines) is 1. The minimum Gasteiger partial charge on any atom is -0.367 e. The molecule has 2 aliphatic rings. The number of hydrogen-bond acceptors (Lipinski definition) is 4. The van der Waals surface area contributed by atoms with Crippen LogP contribution in [0.3, 0.4) is 0 Å². The highest BCUT2D eigenvalue weighted by Crippen LogP contribution is 2.31. The van der Waals surface area contributed by atoms with Crippen LogP contribution in [0.1, 0.15) is 23.2 Å². The lowest BCUT2D eigenvalue weighted by Crippen LogP contribution is -2.59. The van der Waals surface area contributed by atoms with Gasteiger partial charge in [0, 0.05) is 45.1 Å². The quantitative estimate of drug-likeness (QED) is 0.866. The third kappa shape index (κ3) is 3.62. The summed E-state index contributed by atoms with van der Waals surface area (Å²) in [5, 5.41) is 0. The third-order valence-corrected chi connectivity index (χ3v) is 4.96. The van der Waals surface area contributed by atoms with Gasteiger partial charge in [-0.25, -0.2) is 0 Å². The van der Waals surface area contributed by atoms with Crippen LogP contribution in [-0.2, 0) is 9.53 Å². The van der Waals surface area contributed by atoms with E-state index in [0.717, 1.165) is 25.9 Å². The molecule has 24 heavy (non-hydrogen) atoms. The SMILES string of the molecule is CN(C)CCN1CC2(CCN(C(=O)c3cc[nH]c3)CC2)OCC1=O. The molecular weight excluding hydrogens is 308 g/mol. The topological polar surface area (TPSA) is 68.9 Å². The fraction of sp³-hybridized carbons (Fsp3) is 0.647. The zero-order valence-corrected chi connectivity index (χ0v) is 14.5. The van der Waals surface area contributed by atoms with Crippen molar-refractivity contribution in [3.05, 3.63) is 24.0 Å².